The first-order valence-corrected chi connectivity index (χ1v) is 7.25. The zero-order chi connectivity index (χ0) is 16.1. The van der Waals surface area contributed by atoms with Gasteiger partial charge in [0.25, 0.3) is 5.56 Å². The number of fused-ring (bicyclic) bond motifs is 3. The van der Waals surface area contributed by atoms with Crippen LogP contribution in [0.4, 0.5) is 5.82 Å². The second kappa shape index (κ2) is 4.82. The van der Waals surface area contributed by atoms with Gasteiger partial charge in [-0.05, 0) is 25.1 Å². The Kier molecular flexibility index (Phi) is 2.89. The highest BCUT2D eigenvalue weighted by atomic mass is 35.5. The van der Waals surface area contributed by atoms with E-state index in [1.54, 1.807) is 6.07 Å². The molecule has 0 amide bonds. The van der Waals surface area contributed by atoms with Crippen LogP contribution in [0.3, 0.4) is 0 Å². The van der Waals surface area contributed by atoms with Gasteiger partial charge in [-0.1, -0.05) is 23.2 Å². The fourth-order valence-corrected chi connectivity index (χ4v) is 2.72. The van der Waals surface area contributed by atoms with Gasteiger partial charge in [-0.15, -0.1) is 0 Å². The number of hydrogen-bond acceptors (Lipinski definition) is 5. The van der Waals surface area contributed by atoms with E-state index in [-0.39, 0.29) is 11.1 Å². The molecule has 0 bridgehead atoms. The molecule has 6 nitrogen and oxygen atoms in total. The quantitative estimate of drug-likeness (QED) is 0.559. The minimum Gasteiger partial charge on any atom is -0.449 e. The van der Waals surface area contributed by atoms with Gasteiger partial charge >= 0.3 is 0 Å². The molecule has 0 radical (unpaired) electrons. The molecule has 0 atom stereocenters. The highest BCUT2D eigenvalue weighted by Crippen LogP contribution is 2.30. The highest BCUT2D eigenvalue weighted by molar-refractivity contribution is 6.33. The number of pyridine rings is 1. The van der Waals surface area contributed by atoms with Gasteiger partial charge in [-0.25, -0.2) is 9.97 Å². The Bertz CT molecular complexity index is 1130. The van der Waals surface area contributed by atoms with Crippen molar-refractivity contribution in [2.75, 3.05) is 5.73 Å². The molecule has 0 aliphatic carbocycles. The number of aromatic amines is 1. The van der Waals surface area contributed by atoms with Crippen molar-refractivity contribution < 1.29 is 4.42 Å². The first-order chi connectivity index (χ1) is 11.0. The molecular weight excluding hydrogens is 316 g/mol. The third-order valence-corrected chi connectivity index (χ3v) is 3.91. The molecule has 0 saturated carbocycles. The van der Waals surface area contributed by atoms with Crippen molar-refractivity contribution in [1.82, 2.24) is 15.0 Å². The van der Waals surface area contributed by atoms with E-state index >= 15 is 0 Å². The lowest BCUT2D eigenvalue weighted by atomic mass is 10.1. The van der Waals surface area contributed by atoms with Gasteiger partial charge in [0.05, 0.1) is 5.02 Å². The first-order valence-electron chi connectivity index (χ1n) is 6.87. The van der Waals surface area contributed by atoms with Crippen LogP contribution < -0.4 is 11.3 Å². The minimum atomic E-state index is -0.370. The van der Waals surface area contributed by atoms with Crippen molar-refractivity contribution in [2.45, 2.75) is 6.92 Å². The summed E-state index contributed by atoms with van der Waals surface area (Å²) in [5.41, 5.74) is 8.19. The van der Waals surface area contributed by atoms with Gasteiger partial charge in [0.15, 0.2) is 0 Å². The Morgan fingerprint density at radius 2 is 2.13 bits per heavy atom. The van der Waals surface area contributed by atoms with Crippen molar-refractivity contribution in [3.05, 3.63) is 51.4 Å². The van der Waals surface area contributed by atoms with Crippen LogP contribution in [-0.2, 0) is 0 Å². The molecule has 3 N–H and O–H groups in total. The number of benzene rings is 1. The summed E-state index contributed by atoms with van der Waals surface area (Å²) in [7, 11) is 0. The van der Waals surface area contributed by atoms with Gasteiger partial charge in [0.1, 0.15) is 22.7 Å². The van der Waals surface area contributed by atoms with Crippen molar-refractivity contribution in [2.24, 2.45) is 0 Å². The van der Waals surface area contributed by atoms with Gasteiger partial charge < -0.3 is 15.1 Å². The fourth-order valence-electron chi connectivity index (χ4n) is 2.53. The summed E-state index contributed by atoms with van der Waals surface area (Å²) in [6.45, 7) is 1.97. The molecule has 0 saturated heterocycles. The van der Waals surface area contributed by atoms with E-state index < -0.39 is 0 Å². The summed E-state index contributed by atoms with van der Waals surface area (Å²) in [4.78, 5) is 23.5. The number of hydrogen-bond donors (Lipinski definition) is 2. The second-order valence-corrected chi connectivity index (χ2v) is 5.69. The maximum absolute atomic E-state index is 12.3. The molecule has 0 fully saturated rings. The van der Waals surface area contributed by atoms with Crippen LogP contribution >= 0.6 is 11.6 Å². The first kappa shape index (κ1) is 13.8. The van der Waals surface area contributed by atoms with E-state index in [9.17, 15) is 4.79 Å². The number of nitrogens with one attached hydrogen (secondary N) is 1. The number of H-pyrrole nitrogens is 1. The second-order valence-electron chi connectivity index (χ2n) is 5.28. The van der Waals surface area contributed by atoms with E-state index in [4.69, 9.17) is 21.8 Å². The molecular formula is C16H11ClN4O2. The molecule has 3 heterocycles. The molecule has 1 aromatic carbocycles. The summed E-state index contributed by atoms with van der Waals surface area (Å²) in [5, 5.41) is 1.14. The average Bonchev–Trinajstić information content (AvgIpc) is 2.88. The number of aromatic nitrogens is 3. The fraction of sp³-hybridized carbons (Fsp3) is 0.0625. The van der Waals surface area contributed by atoms with Crippen molar-refractivity contribution in [3.8, 4) is 11.4 Å². The maximum atomic E-state index is 12.3. The largest absolute Gasteiger partial charge is 0.449 e. The van der Waals surface area contributed by atoms with E-state index in [0.29, 0.717) is 33.3 Å². The summed E-state index contributed by atoms with van der Waals surface area (Å²) in [5.74, 6) is 0.617. The smallest absolute Gasteiger partial charge is 0.294 e. The lowest BCUT2D eigenvalue weighted by Crippen LogP contribution is -2.08. The number of furan rings is 1. The van der Waals surface area contributed by atoms with Gasteiger partial charge in [0, 0.05) is 17.1 Å². The van der Waals surface area contributed by atoms with E-state index in [0.717, 1.165) is 10.9 Å². The van der Waals surface area contributed by atoms with Gasteiger partial charge in [-0.2, -0.15) is 0 Å². The van der Waals surface area contributed by atoms with Crippen molar-refractivity contribution in [1.29, 1.82) is 0 Å². The normalized spacial score (nSPS) is 11.4. The van der Waals surface area contributed by atoms with Gasteiger partial charge in [-0.3, -0.25) is 4.79 Å². The van der Waals surface area contributed by atoms with Gasteiger partial charge in [0.2, 0.25) is 5.58 Å². The Balaban J connectivity index is 2.10. The van der Waals surface area contributed by atoms with Crippen LogP contribution in [-0.4, -0.2) is 15.0 Å². The van der Waals surface area contributed by atoms with Crippen LogP contribution in [0.1, 0.15) is 5.56 Å². The Morgan fingerprint density at radius 3 is 2.96 bits per heavy atom. The minimum absolute atomic E-state index is 0.188. The summed E-state index contributed by atoms with van der Waals surface area (Å²) in [6.07, 6.45) is 1.42. The molecule has 0 aliphatic heterocycles. The van der Waals surface area contributed by atoms with Crippen LogP contribution in [0.25, 0.3) is 33.5 Å². The molecule has 23 heavy (non-hydrogen) atoms. The van der Waals surface area contributed by atoms with E-state index in [1.165, 1.54) is 6.20 Å². The van der Waals surface area contributed by atoms with Crippen molar-refractivity contribution in [3.63, 3.8) is 0 Å². The predicted octanol–water partition coefficient (Wildman–Crippen LogP) is 3.28. The van der Waals surface area contributed by atoms with Crippen LogP contribution in [0.2, 0.25) is 5.02 Å². The number of aryl methyl sites for hydroxylation is 1. The van der Waals surface area contributed by atoms with Crippen LogP contribution in [0.5, 0.6) is 0 Å². The van der Waals surface area contributed by atoms with E-state index in [2.05, 4.69) is 15.0 Å². The molecule has 0 spiro atoms. The zero-order valence-electron chi connectivity index (χ0n) is 12.1. The van der Waals surface area contributed by atoms with Crippen molar-refractivity contribution >= 4 is 39.5 Å². The lowest BCUT2D eigenvalue weighted by molar-refractivity contribution is 0.661. The highest BCUT2D eigenvalue weighted by Gasteiger charge is 2.16. The SMILES string of the molecule is Cc1ccc2oc3c(=O)[nH]c(-c4cc(N)ncc4Cl)nc3c2c1. The molecule has 4 rings (SSSR count). The molecule has 7 heteroatoms. The lowest BCUT2D eigenvalue weighted by Gasteiger charge is -2.04. The van der Waals surface area contributed by atoms with Crippen LogP contribution in [0, 0.1) is 6.92 Å². The summed E-state index contributed by atoms with van der Waals surface area (Å²) in [6, 6.07) is 7.24. The van der Waals surface area contributed by atoms with Crippen LogP contribution in [0.15, 0.2) is 39.7 Å². The number of rotatable bonds is 1. The maximum Gasteiger partial charge on any atom is 0.294 e. The number of nitrogens with two attached hydrogens (primary N) is 1. The molecule has 3 aromatic heterocycles. The summed E-state index contributed by atoms with van der Waals surface area (Å²) < 4.78 is 5.61. The topological polar surface area (TPSA) is 97.8 Å². The third-order valence-electron chi connectivity index (χ3n) is 3.61. The zero-order valence-corrected chi connectivity index (χ0v) is 12.8. The average molecular weight is 327 g/mol. The number of halogens is 1. The molecule has 0 aliphatic rings. The standard InChI is InChI=1S/C16H11ClN4O2/c1-7-2-3-11-9(4-7)13-14(23-11)16(22)21-15(20-13)8-5-12(18)19-6-10(8)17/h2-6H,1H3,(H2,18,19)(H,20,21,22). The molecule has 114 valence electrons. The monoisotopic (exact) mass is 326 g/mol. The Labute approximate surface area is 134 Å². The summed E-state index contributed by atoms with van der Waals surface area (Å²) >= 11 is 6.15. The number of nitrogen functional groups attached to an aromatic ring is 1. The predicted molar refractivity (Wildman–Crippen MR) is 89.5 cm³/mol. The molecule has 0 unspecified atom stereocenters. The Hall–Kier alpha value is -2.86. The Morgan fingerprint density at radius 1 is 1.30 bits per heavy atom. The third kappa shape index (κ3) is 2.15. The number of anilines is 1. The van der Waals surface area contributed by atoms with E-state index in [1.807, 2.05) is 25.1 Å². The number of nitrogens with zero attached hydrogens (tertiary/aromatic N) is 2. The molecule has 4 aromatic rings.